The predicted octanol–water partition coefficient (Wildman–Crippen LogP) is 1.79. The molecule has 30 heavy (non-hydrogen) atoms. The second kappa shape index (κ2) is 8.67. The van der Waals surface area contributed by atoms with E-state index >= 15 is 0 Å². The highest BCUT2D eigenvalue weighted by molar-refractivity contribution is 7.89. The van der Waals surface area contributed by atoms with Crippen molar-refractivity contribution >= 4 is 21.6 Å². The Kier molecular flexibility index (Phi) is 6.22. The lowest BCUT2D eigenvalue weighted by atomic mass is 10.0. The summed E-state index contributed by atoms with van der Waals surface area (Å²) < 4.78 is 40.4. The molecule has 0 unspecified atom stereocenters. The van der Waals surface area contributed by atoms with Crippen LogP contribution in [0.2, 0.25) is 0 Å². The fourth-order valence-electron chi connectivity index (χ4n) is 2.85. The number of nitrogens with zero attached hydrogens (tertiary/aromatic N) is 5. The summed E-state index contributed by atoms with van der Waals surface area (Å²) in [4.78, 5) is 13.1. The molecule has 3 aromatic rings. The zero-order chi connectivity index (χ0) is 21.9. The molecule has 1 heterocycles. The maximum atomic E-state index is 13.6. The second-order valence-electron chi connectivity index (χ2n) is 6.82. The molecule has 0 bridgehead atoms. The third-order valence-electron chi connectivity index (χ3n) is 4.47. The van der Waals surface area contributed by atoms with Gasteiger partial charge >= 0.3 is 0 Å². The molecule has 158 valence electrons. The maximum Gasteiger partial charge on any atom is 0.249 e. The smallest absolute Gasteiger partial charge is 0.249 e. The quantitative estimate of drug-likeness (QED) is 0.610. The summed E-state index contributed by atoms with van der Waals surface area (Å²) in [7, 11) is -0.688. The first-order valence-corrected chi connectivity index (χ1v) is 10.4. The van der Waals surface area contributed by atoms with Crippen LogP contribution in [-0.4, -0.2) is 52.9 Å². The minimum absolute atomic E-state index is 0.109. The van der Waals surface area contributed by atoms with E-state index in [9.17, 15) is 17.6 Å². The van der Waals surface area contributed by atoms with Crippen LogP contribution in [0.5, 0.6) is 0 Å². The highest BCUT2D eigenvalue weighted by atomic mass is 32.2. The molecule has 2 aromatic carbocycles. The van der Waals surface area contributed by atoms with E-state index in [1.807, 2.05) is 0 Å². The van der Waals surface area contributed by atoms with E-state index in [1.165, 1.54) is 55.2 Å². The molecule has 0 aliphatic heterocycles. The molecule has 0 aliphatic carbocycles. The molecule has 1 aromatic heterocycles. The first kappa shape index (κ1) is 21.5. The van der Waals surface area contributed by atoms with Crippen molar-refractivity contribution in [1.29, 1.82) is 0 Å². The van der Waals surface area contributed by atoms with E-state index in [-0.39, 0.29) is 11.3 Å². The van der Waals surface area contributed by atoms with Gasteiger partial charge in [-0.05, 0) is 59.3 Å². The van der Waals surface area contributed by atoms with Crippen molar-refractivity contribution < 1.29 is 17.6 Å². The summed E-state index contributed by atoms with van der Waals surface area (Å²) in [5.74, 6) is -0.394. The van der Waals surface area contributed by atoms with Gasteiger partial charge in [-0.1, -0.05) is 12.1 Å². The van der Waals surface area contributed by atoms with Crippen LogP contribution in [0.4, 0.5) is 10.1 Å². The summed E-state index contributed by atoms with van der Waals surface area (Å²) in [6.45, 7) is 1.66. The lowest BCUT2D eigenvalue weighted by Crippen LogP contribution is -2.29. The van der Waals surface area contributed by atoms with Gasteiger partial charge in [0.15, 0.2) is 0 Å². The monoisotopic (exact) mass is 432 g/mol. The van der Waals surface area contributed by atoms with E-state index in [1.54, 1.807) is 19.1 Å². The van der Waals surface area contributed by atoms with Crippen molar-refractivity contribution in [3.8, 4) is 0 Å². The Hall–Kier alpha value is -3.18. The molecule has 0 fully saturated rings. The number of amides is 1. The highest BCUT2D eigenvalue weighted by Crippen LogP contribution is 2.20. The maximum absolute atomic E-state index is 13.6. The van der Waals surface area contributed by atoms with Gasteiger partial charge in [-0.25, -0.2) is 21.8 Å². The lowest BCUT2D eigenvalue weighted by molar-refractivity contribution is -0.119. The molecule has 0 spiro atoms. The topological polar surface area (TPSA) is 110 Å². The van der Waals surface area contributed by atoms with Crippen LogP contribution < -0.4 is 5.32 Å². The molecule has 0 radical (unpaired) electrons. The van der Waals surface area contributed by atoms with Crippen molar-refractivity contribution in [1.82, 2.24) is 24.5 Å². The predicted molar refractivity (Wildman–Crippen MR) is 108 cm³/mol. The Balaban J connectivity index is 1.84. The lowest BCUT2D eigenvalue weighted by Gasteiger charge is -2.18. The number of nitrogens with one attached hydrogen (secondary N) is 1. The first-order chi connectivity index (χ1) is 14.2. The number of carbonyl (C=O) groups is 1. The zero-order valence-electron chi connectivity index (χ0n) is 16.7. The van der Waals surface area contributed by atoms with Crippen molar-refractivity contribution in [3.05, 3.63) is 65.7 Å². The second-order valence-corrected chi connectivity index (χ2v) is 8.97. The molecule has 1 atom stereocenters. The van der Waals surface area contributed by atoms with Gasteiger partial charge in [-0.3, -0.25) is 4.79 Å². The highest BCUT2D eigenvalue weighted by Gasteiger charge is 2.25. The number of hydrogen-bond acceptors (Lipinski definition) is 6. The molecular weight excluding hydrogens is 411 g/mol. The van der Waals surface area contributed by atoms with Crippen LogP contribution in [0.25, 0.3) is 0 Å². The van der Waals surface area contributed by atoms with Gasteiger partial charge in [0.1, 0.15) is 17.7 Å². The van der Waals surface area contributed by atoms with E-state index in [0.717, 1.165) is 4.31 Å². The molecular formula is C19H21FN6O3S. The fourth-order valence-corrected chi connectivity index (χ4v) is 3.75. The summed E-state index contributed by atoms with van der Waals surface area (Å²) in [5.41, 5.74) is 1.02. The van der Waals surface area contributed by atoms with E-state index < -0.39 is 27.8 Å². The first-order valence-electron chi connectivity index (χ1n) is 9.01. The summed E-state index contributed by atoms with van der Waals surface area (Å²) in [6.07, 6.45) is 0.169. The van der Waals surface area contributed by atoms with Crippen molar-refractivity contribution in [2.45, 2.75) is 24.3 Å². The van der Waals surface area contributed by atoms with Crippen LogP contribution in [0.3, 0.4) is 0 Å². The van der Waals surface area contributed by atoms with E-state index in [0.29, 0.717) is 17.1 Å². The van der Waals surface area contributed by atoms with E-state index in [2.05, 4.69) is 20.8 Å². The van der Waals surface area contributed by atoms with Crippen molar-refractivity contribution in [2.75, 3.05) is 19.4 Å². The average Bonchev–Trinajstić information content (AvgIpc) is 3.12. The largest absolute Gasteiger partial charge is 0.324 e. The fraction of sp³-hybridized carbons (Fsp3) is 0.263. The average molecular weight is 432 g/mol. The number of halogens is 1. The SMILES string of the molecule is Cc1nnnn1[C@@H](Cc1cccc(F)c1)C(=O)Nc1ccc(S(=O)(=O)N(C)C)cc1. The molecule has 9 nitrogen and oxygen atoms in total. The number of rotatable bonds is 7. The number of anilines is 1. The van der Waals surface area contributed by atoms with Gasteiger partial charge in [-0.15, -0.1) is 5.10 Å². The molecule has 11 heteroatoms. The number of benzene rings is 2. The summed E-state index contributed by atoms with van der Waals surface area (Å²) in [6, 6.07) is 10.9. The van der Waals surface area contributed by atoms with Crippen LogP contribution in [0, 0.1) is 12.7 Å². The Morgan fingerprint density at radius 2 is 1.90 bits per heavy atom. The number of hydrogen-bond donors (Lipinski definition) is 1. The van der Waals surface area contributed by atoms with Crippen LogP contribution in [0.15, 0.2) is 53.4 Å². The van der Waals surface area contributed by atoms with Crippen molar-refractivity contribution in [2.24, 2.45) is 0 Å². The minimum Gasteiger partial charge on any atom is -0.324 e. The van der Waals surface area contributed by atoms with Crippen LogP contribution >= 0.6 is 0 Å². The normalized spacial score (nSPS) is 12.7. The summed E-state index contributed by atoms with van der Waals surface area (Å²) in [5, 5.41) is 14.0. The number of aryl methyl sites for hydroxylation is 1. The van der Waals surface area contributed by atoms with Gasteiger partial charge in [0.25, 0.3) is 0 Å². The zero-order valence-corrected chi connectivity index (χ0v) is 17.5. The minimum atomic E-state index is -3.57. The number of sulfonamides is 1. The molecule has 1 amide bonds. The molecule has 3 rings (SSSR count). The molecule has 0 saturated heterocycles. The molecule has 1 N–H and O–H groups in total. The van der Waals surface area contributed by atoms with Crippen LogP contribution in [-0.2, 0) is 21.2 Å². The Morgan fingerprint density at radius 3 is 2.47 bits per heavy atom. The van der Waals surface area contributed by atoms with Gasteiger partial charge in [-0.2, -0.15) is 0 Å². The number of carbonyl (C=O) groups excluding carboxylic acids is 1. The summed E-state index contributed by atoms with van der Waals surface area (Å²) >= 11 is 0. The Bertz CT molecular complexity index is 1150. The molecule has 0 saturated carbocycles. The number of tetrazole rings is 1. The van der Waals surface area contributed by atoms with E-state index in [4.69, 9.17) is 0 Å². The van der Waals surface area contributed by atoms with Crippen molar-refractivity contribution in [3.63, 3.8) is 0 Å². The van der Waals surface area contributed by atoms with Gasteiger partial charge in [0, 0.05) is 26.2 Å². The molecule has 0 aliphatic rings. The third-order valence-corrected chi connectivity index (χ3v) is 6.30. The van der Waals surface area contributed by atoms with Gasteiger partial charge in [0.05, 0.1) is 4.90 Å². The standard InChI is InChI=1S/C19H21FN6O3S/c1-13-22-23-24-26(13)18(12-14-5-4-6-15(20)11-14)19(27)21-16-7-9-17(10-8-16)30(28,29)25(2)3/h4-11,18H,12H2,1-3H3,(H,21,27)/t18-/m0/s1. The van der Waals surface area contributed by atoms with Gasteiger partial charge < -0.3 is 5.32 Å². The van der Waals surface area contributed by atoms with Crippen LogP contribution in [0.1, 0.15) is 17.4 Å². The Morgan fingerprint density at radius 1 is 1.20 bits per heavy atom. The third kappa shape index (κ3) is 4.69. The van der Waals surface area contributed by atoms with Gasteiger partial charge in [0.2, 0.25) is 15.9 Å². The number of aromatic nitrogens is 4. The Labute approximate surface area is 173 Å².